The summed E-state index contributed by atoms with van der Waals surface area (Å²) >= 11 is 0. The lowest BCUT2D eigenvalue weighted by molar-refractivity contribution is -0.138. The van der Waals surface area contributed by atoms with E-state index in [9.17, 15) is 13.6 Å². The number of carboxylic acid groups (broad SMARTS) is 1. The summed E-state index contributed by atoms with van der Waals surface area (Å²) in [5.74, 6) is -2.87. The van der Waals surface area contributed by atoms with Crippen molar-refractivity contribution < 1.29 is 18.7 Å². The molecule has 1 fully saturated rings. The molecule has 5 heteroatoms. The van der Waals surface area contributed by atoms with Crippen LogP contribution >= 0.6 is 0 Å². The van der Waals surface area contributed by atoms with Gasteiger partial charge < -0.3 is 5.11 Å². The van der Waals surface area contributed by atoms with Gasteiger partial charge in [-0.25, -0.2) is 8.78 Å². The summed E-state index contributed by atoms with van der Waals surface area (Å²) in [7, 11) is 1.79. The molecule has 3 nitrogen and oxygen atoms in total. The first-order chi connectivity index (χ1) is 7.99. The van der Waals surface area contributed by atoms with Crippen molar-refractivity contribution in [2.24, 2.45) is 5.92 Å². The van der Waals surface area contributed by atoms with E-state index in [0.29, 0.717) is 18.5 Å². The number of hydrogen-bond donors (Lipinski definition) is 1. The smallest absolute Gasteiger partial charge is 0.308 e. The zero-order chi connectivity index (χ0) is 12.6. The molecule has 2 atom stereocenters. The lowest BCUT2D eigenvalue weighted by Crippen LogP contribution is -2.23. The summed E-state index contributed by atoms with van der Waals surface area (Å²) in [5.41, 5.74) is 0.641. The number of halogens is 2. The maximum absolute atomic E-state index is 13.0. The van der Waals surface area contributed by atoms with Crippen LogP contribution in [-0.2, 0) is 11.3 Å². The molecule has 0 amide bonds. The average molecular weight is 241 g/mol. The predicted molar refractivity (Wildman–Crippen MR) is 57.4 cm³/mol. The molecule has 2 rings (SSSR count). The van der Waals surface area contributed by atoms with Gasteiger partial charge in [0.2, 0.25) is 0 Å². The summed E-state index contributed by atoms with van der Waals surface area (Å²) in [4.78, 5) is 12.5. The van der Waals surface area contributed by atoms with Crippen LogP contribution in [0.2, 0.25) is 0 Å². The van der Waals surface area contributed by atoms with Gasteiger partial charge in [0.15, 0.2) is 11.6 Å². The predicted octanol–water partition coefficient (Wildman–Crippen LogP) is 1.87. The Morgan fingerprint density at radius 2 is 2.18 bits per heavy atom. The zero-order valence-corrected chi connectivity index (χ0v) is 9.36. The van der Waals surface area contributed by atoms with Crippen LogP contribution in [0, 0.1) is 17.6 Å². The summed E-state index contributed by atoms with van der Waals surface area (Å²) in [6, 6.07) is 3.73. The van der Waals surface area contributed by atoms with Gasteiger partial charge in [-0.05, 0) is 31.2 Å². The minimum absolute atomic E-state index is 0.000569. The summed E-state index contributed by atoms with van der Waals surface area (Å²) < 4.78 is 25.7. The lowest BCUT2D eigenvalue weighted by Gasteiger charge is -2.16. The molecule has 0 heterocycles. The molecule has 1 saturated carbocycles. The number of hydrogen-bond acceptors (Lipinski definition) is 2. The molecular formula is C12H13F2NO2. The van der Waals surface area contributed by atoms with Gasteiger partial charge in [-0.3, -0.25) is 9.69 Å². The minimum atomic E-state index is -0.874. The first kappa shape index (κ1) is 12.0. The van der Waals surface area contributed by atoms with Gasteiger partial charge in [-0.2, -0.15) is 0 Å². The van der Waals surface area contributed by atoms with Crippen LogP contribution in [-0.4, -0.2) is 29.1 Å². The van der Waals surface area contributed by atoms with Crippen molar-refractivity contribution in [3.8, 4) is 0 Å². The third-order valence-corrected chi connectivity index (χ3v) is 3.06. The van der Waals surface area contributed by atoms with Crippen molar-refractivity contribution in [2.45, 2.75) is 19.0 Å². The van der Waals surface area contributed by atoms with E-state index in [4.69, 9.17) is 5.11 Å². The highest BCUT2D eigenvalue weighted by atomic mass is 19.2. The van der Waals surface area contributed by atoms with Crippen molar-refractivity contribution in [1.82, 2.24) is 4.90 Å². The van der Waals surface area contributed by atoms with Crippen molar-refractivity contribution in [3.63, 3.8) is 0 Å². The molecule has 0 aromatic heterocycles. The third-order valence-electron chi connectivity index (χ3n) is 3.06. The molecule has 1 aliphatic carbocycles. The second kappa shape index (κ2) is 4.41. The Morgan fingerprint density at radius 1 is 1.47 bits per heavy atom. The normalized spacial score (nSPS) is 22.8. The van der Waals surface area contributed by atoms with Crippen molar-refractivity contribution in [1.29, 1.82) is 0 Å². The topological polar surface area (TPSA) is 40.5 Å². The van der Waals surface area contributed by atoms with Crippen LogP contribution in [0.25, 0.3) is 0 Å². The van der Waals surface area contributed by atoms with E-state index >= 15 is 0 Å². The summed E-state index contributed by atoms with van der Waals surface area (Å²) in [6.07, 6.45) is 0.621. The number of rotatable bonds is 4. The van der Waals surface area contributed by atoms with E-state index in [1.54, 1.807) is 7.05 Å². The van der Waals surface area contributed by atoms with Crippen LogP contribution in [0.4, 0.5) is 8.78 Å². The number of aliphatic carboxylic acids is 1. The molecule has 1 aliphatic rings. The highest BCUT2D eigenvalue weighted by molar-refractivity contribution is 5.74. The molecule has 0 aliphatic heterocycles. The largest absolute Gasteiger partial charge is 0.481 e. The Labute approximate surface area is 97.7 Å². The van der Waals surface area contributed by atoms with Gasteiger partial charge >= 0.3 is 5.97 Å². The van der Waals surface area contributed by atoms with Crippen molar-refractivity contribution in [2.75, 3.05) is 7.05 Å². The van der Waals surface area contributed by atoms with Gasteiger partial charge in [-0.1, -0.05) is 6.07 Å². The van der Waals surface area contributed by atoms with Gasteiger partial charge in [0, 0.05) is 12.6 Å². The fourth-order valence-electron chi connectivity index (χ4n) is 1.98. The Kier molecular flexibility index (Phi) is 3.11. The SMILES string of the molecule is CN(Cc1ccc(F)c(F)c1)C1CC1C(=O)O. The maximum Gasteiger partial charge on any atom is 0.308 e. The lowest BCUT2D eigenvalue weighted by atomic mass is 10.2. The second-order valence-electron chi connectivity index (χ2n) is 4.41. The second-order valence-corrected chi connectivity index (χ2v) is 4.41. The Balaban J connectivity index is 1.97. The number of carbonyl (C=O) groups is 1. The van der Waals surface area contributed by atoms with Gasteiger partial charge in [0.25, 0.3) is 0 Å². The van der Waals surface area contributed by atoms with Gasteiger partial charge in [0.05, 0.1) is 5.92 Å². The van der Waals surface area contributed by atoms with Crippen LogP contribution in [0.5, 0.6) is 0 Å². The summed E-state index contributed by atoms with van der Waals surface area (Å²) in [5, 5.41) is 8.78. The molecule has 0 bridgehead atoms. The fraction of sp³-hybridized carbons (Fsp3) is 0.417. The first-order valence-corrected chi connectivity index (χ1v) is 5.36. The van der Waals surface area contributed by atoms with E-state index in [1.807, 2.05) is 4.90 Å². The molecule has 1 aromatic carbocycles. The molecule has 1 aromatic rings. The monoisotopic (exact) mass is 241 g/mol. The highest BCUT2D eigenvalue weighted by Gasteiger charge is 2.45. The zero-order valence-electron chi connectivity index (χ0n) is 9.36. The maximum atomic E-state index is 13.0. The van der Waals surface area contributed by atoms with Gasteiger partial charge in [-0.15, -0.1) is 0 Å². The van der Waals surface area contributed by atoms with Crippen LogP contribution in [0.3, 0.4) is 0 Å². The average Bonchev–Trinajstić information content (AvgIpc) is 3.03. The van der Waals surface area contributed by atoms with Crippen molar-refractivity contribution in [3.05, 3.63) is 35.4 Å². The molecule has 92 valence electrons. The van der Waals surface area contributed by atoms with Gasteiger partial charge in [0.1, 0.15) is 0 Å². The van der Waals surface area contributed by atoms with E-state index in [2.05, 4.69) is 0 Å². The molecular weight excluding hydrogens is 228 g/mol. The third kappa shape index (κ3) is 2.61. The van der Waals surface area contributed by atoms with E-state index in [1.165, 1.54) is 6.07 Å². The minimum Gasteiger partial charge on any atom is -0.481 e. The molecule has 2 unspecified atom stereocenters. The number of nitrogens with zero attached hydrogens (tertiary/aromatic N) is 1. The number of benzene rings is 1. The van der Waals surface area contributed by atoms with E-state index < -0.39 is 17.6 Å². The molecule has 17 heavy (non-hydrogen) atoms. The molecule has 0 radical (unpaired) electrons. The fourth-order valence-corrected chi connectivity index (χ4v) is 1.98. The standard InChI is InChI=1S/C12H13F2NO2/c1-15(11-5-8(11)12(16)17)6-7-2-3-9(13)10(14)4-7/h2-4,8,11H,5-6H2,1H3,(H,16,17). The quantitative estimate of drug-likeness (QED) is 0.874. The van der Waals surface area contributed by atoms with Crippen LogP contribution in [0.1, 0.15) is 12.0 Å². The molecule has 0 spiro atoms. The molecule has 1 N–H and O–H groups in total. The van der Waals surface area contributed by atoms with Crippen molar-refractivity contribution >= 4 is 5.97 Å². The summed E-state index contributed by atoms with van der Waals surface area (Å²) in [6.45, 7) is 0.422. The van der Waals surface area contributed by atoms with E-state index in [0.717, 1.165) is 12.1 Å². The highest BCUT2D eigenvalue weighted by Crippen LogP contribution is 2.35. The first-order valence-electron chi connectivity index (χ1n) is 5.36. The Bertz CT molecular complexity index is 450. The Morgan fingerprint density at radius 3 is 2.71 bits per heavy atom. The Hall–Kier alpha value is -1.49. The van der Waals surface area contributed by atoms with E-state index in [-0.39, 0.29) is 12.0 Å². The number of carboxylic acids is 1. The van der Waals surface area contributed by atoms with Crippen LogP contribution in [0.15, 0.2) is 18.2 Å². The molecule has 0 saturated heterocycles. The van der Waals surface area contributed by atoms with Crippen LogP contribution < -0.4 is 0 Å².